The molecular formula is C28H58AsO4P. The molecule has 0 aromatic heterocycles. The molecular weight excluding hydrogens is 506 g/mol. The van der Waals surface area contributed by atoms with Crippen molar-refractivity contribution in [3.05, 3.63) is 12.2 Å². The molecule has 0 spiro atoms. The standard InChI is InChI=1S/C28H58AsO4P/c1-5-6-7-8-9-10-11-12-13-14-15-16-17-18-19-20-21-22-23-24-27-32-34(30,31)33-28-25-26-29(2,3)4/h12-13H,5-11,14-28H2,1-4H3/b13-12-. The summed E-state index contributed by atoms with van der Waals surface area (Å²) >= 11 is -1.46. The molecule has 34 heavy (non-hydrogen) atoms. The van der Waals surface area contributed by atoms with Crippen LogP contribution in [0.25, 0.3) is 0 Å². The Morgan fingerprint density at radius 3 is 1.44 bits per heavy atom. The summed E-state index contributed by atoms with van der Waals surface area (Å²) in [6, 6.07) is 0. The Hall–Kier alpha value is 0.408. The van der Waals surface area contributed by atoms with Gasteiger partial charge in [-0.1, -0.05) is 76.9 Å². The number of phosphoric ester groups is 1. The number of rotatable bonds is 26. The molecule has 0 aromatic rings. The molecule has 0 fully saturated rings. The Labute approximate surface area is 216 Å². The number of phosphoric acid groups is 1. The van der Waals surface area contributed by atoms with Gasteiger partial charge in [0, 0.05) is 0 Å². The summed E-state index contributed by atoms with van der Waals surface area (Å²) in [4.78, 5) is 11.7. The third-order valence-electron chi connectivity index (χ3n) is 6.13. The average Bonchev–Trinajstić information content (AvgIpc) is 2.77. The van der Waals surface area contributed by atoms with Crippen LogP contribution in [0.2, 0.25) is 22.3 Å². The minimum atomic E-state index is -4.10. The first-order chi connectivity index (χ1) is 16.3. The molecule has 0 aliphatic heterocycles. The fourth-order valence-electron chi connectivity index (χ4n) is 3.99. The third-order valence-corrected chi connectivity index (χ3v) is 10.6. The van der Waals surface area contributed by atoms with Gasteiger partial charge in [-0.05, 0) is 25.7 Å². The molecule has 0 N–H and O–H groups in total. The van der Waals surface area contributed by atoms with Gasteiger partial charge in [-0.3, -0.25) is 0 Å². The SMILES string of the molecule is CCCCCCCC/C=C\CCCCCCCCCCCCOP(=O)([O-])OCCC[As+](C)(C)C. The molecule has 0 rings (SSSR count). The molecule has 0 bridgehead atoms. The van der Waals surface area contributed by atoms with Gasteiger partial charge in [-0.2, -0.15) is 0 Å². The molecule has 0 aromatic carbocycles. The molecule has 0 aliphatic carbocycles. The number of hydrogen-bond acceptors (Lipinski definition) is 4. The molecule has 1 unspecified atom stereocenters. The van der Waals surface area contributed by atoms with Crippen molar-refractivity contribution in [2.24, 2.45) is 0 Å². The monoisotopic (exact) mass is 564 g/mol. The van der Waals surface area contributed by atoms with Crippen LogP contribution in [0, 0.1) is 0 Å². The van der Waals surface area contributed by atoms with Gasteiger partial charge in [0.25, 0.3) is 0 Å². The van der Waals surface area contributed by atoms with Crippen LogP contribution in [-0.2, 0) is 13.6 Å². The molecule has 4 nitrogen and oxygen atoms in total. The molecule has 1 atom stereocenters. The van der Waals surface area contributed by atoms with Crippen LogP contribution in [0.15, 0.2) is 12.2 Å². The maximum absolute atomic E-state index is 11.7. The normalized spacial score (nSPS) is 14.1. The van der Waals surface area contributed by atoms with E-state index in [0.29, 0.717) is 0 Å². The van der Waals surface area contributed by atoms with Crippen LogP contribution in [0.5, 0.6) is 0 Å². The zero-order chi connectivity index (χ0) is 25.4. The van der Waals surface area contributed by atoms with Crippen LogP contribution in [0.4, 0.5) is 0 Å². The van der Waals surface area contributed by atoms with Crippen LogP contribution in [-0.4, -0.2) is 26.8 Å². The molecule has 0 amide bonds. The first-order valence-electron chi connectivity index (χ1n) is 14.3. The van der Waals surface area contributed by atoms with E-state index < -0.39 is 21.4 Å². The molecule has 0 saturated carbocycles. The fourth-order valence-corrected chi connectivity index (χ4v) is 7.03. The van der Waals surface area contributed by atoms with E-state index in [2.05, 4.69) is 36.2 Å². The predicted octanol–water partition coefficient (Wildman–Crippen LogP) is 9.81. The van der Waals surface area contributed by atoms with Crippen molar-refractivity contribution in [2.75, 3.05) is 13.2 Å². The van der Waals surface area contributed by atoms with E-state index in [1.165, 1.54) is 96.3 Å². The fraction of sp³-hybridized carbons (Fsp3) is 0.929. The van der Waals surface area contributed by atoms with Crippen LogP contribution in [0.1, 0.15) is 129 Å². The zero-order valence-corrected chi connectivity index (χ0v) is 26.0. The summed E-state index contributed by atoms with van der Waals surface area (Å²) in [7, 11) is -4.10. The van der Waals surface area contributed by atoms with E-state index in [1.807, 2.05) is 0 Å². The summed E-state index contributed by atoms with van der Waals surface area (Å²) in [5.74, 6) is 0. The molecule has 0 saturated heterocycles. The Kier molecular flexibility index (Phi) is 24.1. The Morgan fingerprint density at radius 2 is 1.00 bits per heavy atom. The Bertz CT molecular complexity index is 505. The van der Waals surface area contributed by atoms with Gasteiger partial charge in [-0.25, -0.2) is 0 Å². The van der Waals surface area contributed by atoms with Crippen LogP contribution in [0.3, 0.4) is 0 Å². The maximum atomic E-state index is 11.7. The van der Waals surface area contributed by atoms with Crippen molar-refractivity contribution >= 4 is 21.4 Å². The van der Waals surface area contributed by atoms with Gasteiger partial charge < -0.3 is 0 Å². The van der Waals surface area contributed by atoms with Crippen molar-refractivity contribution in [3.63, 3.8) is 0 Å². The zero-order valence-electron chi connectivity index (χ0n) is 23.2. The van der Waals surface area contributed by atoms with Crippen molar-refractivity contribution in [1.29, 1.82) is 0 Å². The van der Waals surface area contributed by atoms with Crippen LogP contribution < -0.4 is 4.89 Å². The summed E-state index contributed by atoms with van der Waals surface area (Å²) in [5, 5.41) is 1.11. The van der Waals surface area contributed by atoms with Gasteiger partial charge in [0.05, 0.1) is 0 Å². The molecule has 204 valence electrons. The van der Waals surface area contributed by atoms with E-state index in [-0.39, 0.29) is 13.2 Å². The first-order valence-corrected chi connectivity index (χ1v) is 22.7. The van der Waals surface area contributed by atoms with Gasteiger partial charge in [0.1, 0.15) is 0 Å². The number of allylic oxidation sites excluding steroid dienone is 2. The quantitative estimate of drug-likeness (QED) is 0.0454. The Balaban J connectivity index is 3.30. The van der Waals surface area contributed by atoms with Crippen molar-refractivity contribution in [3.8, 4) is 0 Å². The summed E-state index contributed by atoms with van der Waals surface area (Å²) in [6.07, 6.45) is 28.7. The molecule has 0 heterocycles. The average molecular weight is 565 g/mol. The van der Waals surface area contributed by atoms with E-state index >= 15 is 0 Å². The van der Waals surface area contributed by atoms with Gasteiger partial charge in [-0.15, -0.1) is 0 Å². The summed E-state index contributed by atoms with van der Waals surface area (Å²) in [6.45, 7) is 2.79. The first kappa shape index (κ1) is 34.4. The van der Waals surface area contributed by atoms with E-state index in [9.17, 15) is 9.46 Å². The molecule has 6 heteroatoms. The van der Waals surface area contributed by atoms with E-state index in [4.69, 9.17) is 9.05 Å². The second-order valence-electron chi connectivity index (χ2n) is 10.8. The summed E-state index contributed by atoms with van der Waals surface area (Å²) in [5.41, 5.74) is 6.93. The molecule has 0 aliphatic rings. The third kappa shape index (κ3) is 28.6. The minimum absolute atomic E-state index is 0.254. The predicted molar refractivity (Wildman–Crippen MR) is 150 cm³/mol. The summed E-state index contributed by atoms with van der Waals surface area (Å²) < 4.78 is 21.7. The van der Waals surface area contributed by atoms with Crippen molar-refractivity contribution in [1.82, 2.24) is 0 Å². The van der Waals surface area contributed by atoms with Crippen molar-refractivity contribution in [2.45, 2.75) is 151 Å². The second kappa shape index (κ2) is 23.8. The number of unbranched alkanes of at least 4 members (excludes halogenated alkanes) is 16. The molecule has 0 radical (unpaired) electrons. The van der Waals surface area contributed by atoms with E-state index in [0.717, 1.165) is 30.9 Å². The van der Waals surface area contributed by atoms with Gasteiger partial charge >= 0.3 is 114 Å². The Morgan fingerprint density at radius 1 is 0.618 bits per heavy atom. The topological polar surface area (TPSA) is 58.6 Å². The van der Waals surface area contributed by atoms with Crippen molar-refractivity contribution < 1.29 is 18.5 Å². The number of hydrogen-bond donors (Lipinski definition) is 0. The van der Waals surface area contributed by atoms with E-state index in [1.54, 1.807) is 0 Å². The second-order valence-corrected chi connectivity index (χ2v) is 22.8. The van der Waals surface area contributed by atoms with Crippen LogP contribution >= 0.6 is 7.82 Å². The van der Waals surface area contributed by atoms with Gasteiger partial charge in [0.15, 0.2) is 0 Å². The van der Waals surface area contributed by atoms with Gasteiger partial charge in [0.2, 0.25) is 0 Å².